The molecule has 0 amide bonds. The lowest BCUT2D eigenvalue weighted by molar-refractivity contribution is 0.451. The van der Waals surface area contributed by atoms with Crippen molar-refractivity contribution in [2.75, 3.05) is 13.1 Å². The van der Waals surface area contributed by atoms with Crippen molar-refractivity contribution >= 4 is 11.6 Å². The molecule has 21 heavy (non-hydrogen) atoms. The molecule has 0 radical (unpaired) electrons. The molecule has 1 aliphatic heterocycles. The van der Waals surface area contributed by atoms with E-state index < -0.39 is 0 Å². The molecular weight excluding hydrogens is 289 g/mol. The van der Waals surface area contributed by atoms with Crippen molar-refractivity contribution in [3.8, 4) is 5.69 Å². The maximum Gasteiger partial charge on any atom is 0.123 e. The zero-order chi connectivity index (χ0) is 15.0. The Morgan fingerprint density at radius 2 is 2.00 bits per heavy atom. The Labute approximate surface area is 129 Å². The Hall–Kier alpha value is -1.39. The third-order valence-corrected chi connectivity index (χ3v) is 4.65. The number of hydrogen-bond acceptors (Lipinski definition) is 2. The summed E-state index contributed by atoms with van der Waals surface area (Å²) >= 11 is 6.50. The van der Waals surface area contributed by atoms with Gasteiger partial charge in [0, 0.05) is 5.92 Å². The second-order valence-corrected chi connectivity index (χ2v) is 6.03. The fraction of sp³-hybridized carbons (Fsp3) is 0.438. The van der Waals surface area contributed by atoms with Crippen molar-refractivity contribution in [2.24, 2.45) is 0 Å². The number of piperidine rings is 1. The summed E-state index contributed by atoms with van der Waals surface area (Å²) in [5.41, 5.74) is 3.63. The summed E-state index contributed by atoms with van der Waals surface area (Å²) in [5.74, 6) is 0.171. The molecule has 3 nitrogen and oxygen atoms in total. The largest absolute Gasteiger partial charge is 0.317 e. The molecule has 1 aromatic heterocycles. The number of nitrogens with one attached hydrogen (secondary N) is 1. The fourth-order valence-electron chi connectivity index (χ4n) is 2.95. The molecule has 2 aromatic rings. The summed E-state index contributed by atoms with van der Waals surface area (Å²) in [4.78, 5) is 0. The van der Waals surface area contributed by atoms with Crippen LogP contribution in [0.1, 0.15) is 35.7 Å². The predicted molar refractivity (Wildman–Crippen MR) is 82.9 cm³/mol. The lowest BCUT2D eigenvalue weighted by Crippen LogP contribution is -2.27. The summed E-state index contributed by atoms with van der Waals surface area (Å²) in [6.45, 7) is 5.85. The molecule has 112 valence electrons. The van der Waals surface area contributed by atoms with Crippen molar-refractivity contribution in [3.05, 3.63) is 46.0 Å². The van der Waals surface area contributed by atoms with Gasteiger partial charge in [-0.05, 0) is 63.5 Å². The molecule has 2 heterocycles. The SMILES string of the molecule is Cc1cc(F)ccc1-n1nc(C2CCNCC2)c(Cl)c1C. The predicted octanol–water partition coefficient (Wildman–Crippen LogP) is 3.75. The first kappa shape index (κ1) is 14.5. The van der Waals surface area contributed by atoms with Gasteiger partial charge in [0.1, 0.15) is 5.82 Å². The lowest BCUT2D eigenvalue weighted by Gasteiger charge is -2.21. The molecular formula is C16H19ClFN3. The molecule has 1 aromatic carbocycles. The Bertz CT molecular complexity index is 660. The number of rotatable bonds is 2. The Morgan fingerprint density at radius 3 is 2.67 bits per heavy atom. The smallest absolute Gasteiger partial charge is 0.123 e. The van der Waals surface area contributed by atoms with Gasteiger partial charge in [-0.1, -0.05) is 11.6 Å². The van der Waals surface area contributed by atoms with Crippen LogP contribution in [0.2, 0.25) is 5.02 Å². The third kappa shape index (κ3) is 2.70. The summed E-state index contributed by atoms with van der Waals surface area (Å²) in [5, 5.41) is 8.82. The van der Waals surface area contributed by atoms with E-state index in [0.29, 0.717) is 5.92 Å². The highest BCUT2D eigenvalue weighted by Gasteiger charge is 2.24. The summed E-state index contributed by atoms with van der Waals surface area (Å²) in [6, 6.07) is 4.74. The van der Waals surface area contributed by atoms with E-state index in [-0.39, 0.29) is 5.82 Å². The van der Waals surface area contributed by atoms with Crippen LogP contribution in [0.3, 0.4) is 0 Å². The average Bonchev–Trinajstić information content (AvgIpc) is 2.77. The number of nitrogens with zero attached hydrogens (tertiary/aromatic N) is 2. The molecule has 0 unspecified atom stereocenters. The first-order chi connectivity index (χ1) is 10.1. The van der Waals surface area contributed by atoms with Crippen molar-refractivity contribution in [1.29, 1.82) is 0 Å². The van der Waals surface area contributed by atoms with E-state index >= 15 is 0 Å². The van der Waals surface area contributed by atoms with Crippen molar-refractivity contribution in [3.63, 3.8) is 0 Å². The number of aryl methyl sites for hydroxylation is 1. The van der Waals surface area contributed by atoms with E-state index in [9.17, 15) is 4.39 Å². The molecule has 1 aliphatic rings. The molecule has 1 saturated heterocycles. The summed E-state index contributed by atoms with van der Waals surface area (Å²) in [7, 11) is 0. The first-order valence-corrected chi connectivity index (χ1v) is 7.68. The van der Waals surface area contributed by atoms with Gasteiger partial charge in [0.15, 0.2) is 0 Å². The molecule has 0 spiro atoms. The van der Waals surface area contributed by atoms with E-state index in [1.807, 2.05) is 18.5 Å². The number of aromatic nitrogens is 2. The molecule has 0 bridgehead atoms. The van der Waals surface area contributed by atoms with Gasteiger partial charge in [-0.3, -0.25) is 0 Å². The number of hydrogen-bond donors (Lipinski definition) is 1. The maximum atomic E-state index is 13.3. The first-order valence-electron chi connectivity index (χ1n) is 7.30. The van der Waals surface area contributed by atoms with Crippen LogP contribution in [-0.4, -0.2) is 22.9 Å². The second kappa shape index (κ2) is 5.78. The second-order valence-electron chi connectivity index (χ2n) is 5.65. The van der Waals surface area contributed by atoms with E-state index in [1.165, 1.54) is 12.1 Å². The molecule has 0 atom stereocenters. The molecule has 3 rings (SSSR count). The van der Waals surface area contributed by atoms with Crippen LogP contribution >= 0.6 is 11.6 Å². The van der Waals surface area contributed by atoms with Crippen LogP contribution in [0, 0.1) is 19.7 Å². The summed E-state index contributed by atoms with van der Waals surface area (Å²) in [6.07, 6.45) is 2.11. The van der Waals surface area contributed by atoms with E-state index in [0.717, 1.165) is 53.6 Å². The van der Waals surface area contributed by atoms with Gasteiger partial charge in [-0.2, -0.15) is 5.10 Å². The van der Waals surface area contributed by atoms with Gasteiger partial charge >= 0.3 is 0 Å². The highest BCUT2D eigenvalue weighted by molar-refractivity contribution is 6.32. The number of halogens is 2. The number of benzene rings is 1. The zero-order valence-corrected chi connectivity index (χ0v) is 13.0. The van der Waals surface area contributed by atoms with Gasteiger partial charge in [0.25, 0.3) is 0 Å². The minimum atomic E-state index is -0.231. The Kier molecular flexibility index (Phi) is 4.00. The minimum absolute atomic E-state index is 0.231. The lowest BCUT2D eigenvalue weighted by atomic mass is 9.94. The molecule has 1 N–H and O–H groups in total. The van der Waals surface area contributed by atoms with Crippen LogP contribution < -0.4 is 5.32 Å². The van der Waals surface area contributed by atoms with E-state index in [2.05, 4.69) is 5.32 Å². The molecule has 1 fully saturated rings. The summed E-state index contributed by atoms with van der Waals surface area (Å²) < 4.78 is 15.1. The molecule has 0 saturated carbocycles. The van der Waals surface area contributed by atoms with E-state index in [1.54, 1.807) is 6.07 Å². The quantitative estimate of drug-likeness (QED) is 0.916. The fourth-order valence-corrected chi connectivity index (χ4v) is 3.22. The minimum Gasteiger partial charge on any atom is -0.317 e. The Balaban J connectivity index is 2.03. The van der Waals surface area contributed by atoms with Gasteiger partial charge in [0.05, 0.1) is 22.1 Å². The van der Waals surface area contributed by atoms with Crippen LogP contribution in [0.15, 0.2) is 18.2 Å². The van der Waals surface area contributed by atoms with Crippen molar-refractivity contribution < 1.29 is 4.39 Å². The van der Waals surface area contributed by atoms with Crippen molar-refractivity contribution in [2.45, 2.75) is 32.6 Å². The van der Waals surface area contributed by atoms with Crippen LogP contribution in [0.4, 0.5) is 4.39 Å². The van der Waals surface area contributed by atoms with Gasteiger partial charge in [-0.25, -0.2) is 9.07 Å². The van der Waals surface area contributed by atoms with Gasteiger partial charge in [-0.15, -0.1) is 0 Å². The molecule has 0 aliphatic carbocycles. The maximum absolute atomic E-state index is 13.3. The van der Waals surface area contributed by atoms with Crippen LogP contribution in [0.25, 0.3) is 5.69 Å². The average molecular weight is 308 g/mol. The Morgan fingerprint density at radius 1 is 1.29 bits per heavy atom. The monoisotopic (exact) mass is 307 g/mol. The van der Waals surface area contributed by atoms with Crippen LogP contribution in [-0.2, 0) is 0 Å². The topological polar surface area (TPSA) is 29.9 Å². The van der Waals surface area contributed by atoms with Crippen molar-refractivity contribution in [1.82, 2.24) is 15.1 Å². The van der Waals surface area contributed by atoms with Crippen LogP contribution in [0.5, 0.6) is 0 Å². The third-order valence-electron chi connectivity index (χ3n) is 4.18. The zero-order valence-electron chi connectivity index (χ0n) is 12.3. The standard InChI is InChI=1S/C16H19ClFN3/c1-10-9-13(18)3-4-14(10)21-11(2)15(17)16(20-21)12-5-7-19-8-6-12/h3-4,9,12,19H,5-8H2,1-2H3. The molecule has 5 heteroatoms. The van der Waals surface area contributed by atoms with E-state index in [4.69, 9.17) is 16.7 Å². The normalized spacial score (nSPS) is 16.4. The van der Waals surface area contributed by atoms with Gasteiger partial charge in [0.2, 0.25) is 0 Å². The van der Waals surface area contributed by atoms with Gasteiger partial charge < -0.3 is 5.32 Å². The highest BCUT2D eigenvalue weighted by atomic mass is 35.5. The highest BCUT2D eigenvalue weighted by Crippen LogP contribution is 2.33.